The second-order valence-corrected chi connectivity index (χ2v) is 12.8. The highest BCUT2D eigenvalue weighted by atomic mass is 35.5. The topological polar surface area (TPSA) is 123 Å². The van der Waals surface area contributed by atoms with Gasteiger partial charge >= 0.3 is 0 Å². The van der Waals surface area contributed by atoms with Gasteiger partial charge in [0.2, 0.25) is 17.7 Å². The molecule has 13 heteroatoms. The number of nitrogens with one attached hydrogen (secondary N) is 1. The lowest BCUT2D eigenvalue weighted by Crippen LogP contribution is -2.44. The van der Waals surface area contributed by atoms with Gasteiger partial charge in [0.1, 0.15) is 17.6 Å². The van der Waals surface area contributed by atoms with Gasteiger partial charge in [-0.1, -0.05) is 59.6 Å². The number of nitrogens with zero attached hydrogens (tertiary/aromatic N) is 5. The predicted octanol–water partition coefficient (Wildman–Crippen LogP) is 6.10. The molecule has 2 aliphatic rings. The van der Waals surface area contributed by atoms with Gasteiger partial charge in [-0.05, 0) is 32.1 Å². The maximum Gasteiger partial charge on any atom is 0.237 e. The van der Waals surface area contributed by atoms with Crippen LogP contribution in [0.1, 0.15) is 43.5 Å². The van der Waals surface area contributed by atoms with Crippen LogP contribution in [0.4, 0.5) is 4.39 Å². The second kappa shape index (κ2) is 15.1. The molecule has 10 nitrogen and oxygen atoms in total. The van der Waals surface area contributed by atoms with Gasteiger partial charge in [-0.3, -0.25) is 19.7 Å². The summed E-state index contributed by atoms with van der Waals surface area (Å²) in [6, 6.07) is 11.5. The Morgan fingerprint density at radius 3 is 2.06 bits per heavy atom. The van der Waals surface area contributed by atoms with Crippen LogP contribution in [-0.4, -0.2) is 81.5 Å². The van der Waals surface area contributed by atoms with Crippen molar-refractivity contribution < 1.29 is 23.8 Å². The third-order valence-electron chi connectivity index (χ3n) is 8.87. The average molecular weight is 696 g/mol. The molecular formula is C35H37Cl2FN6O4. The van der Waals surface area contributed by atoms with E-state index in [1.54, 1.807) is 19.5 Å². The summed E-state index contributed by atoms with van der Waals surface area (Å²) in [5.74, 6) is 0.863. The number of aliphatic hydroxyl groups excluding tert-OH is 1. The molecule has 0 radical (unpaired) electrons. The number of rotatable bonds is 11. The van der Waals surface area contributed by atoms with Crippen LogP contribution >= 0.6 is 23.2 Å². The number of alkyl halides is 1. The molecule has 2 N–H and O–H groups in total. The van der Waals surface area contributed by atoms with Crippen LogP contribution in [0, 0.1) is 0 Å². The third kappa shape index (κ3) is 7.39. The van der Waals surface area contributed by atoms with Gasteiger partial charge in [0.15, 0.2) is 0 Å². The molecule has 0 aliphatic carbocycles. The molecule has 0 bridgehead atoms. The Labute approximate surface area is 288 Å². The van der Waals surface area contributed by atoms with E-state index < -0.39 is 12.3 Å². The molecular weight excluding hydrogens is 658 g/mol. The number of likely N-dealkylation sites (tertiary alicyclic amines) is 1. The Balaban J connectivity index is 1.23. The Hall–Kier alpha value is -3.90. The van der Waals surface area contributed by atoms with E-state index >= 15 is 0 Å². The van der Waals surface area contributed by atoms with Crippen LogP contribution in [-0.2, 0) is 17.8 Å². The minimum atomic E-state index is -1.30. The summed E-state index contributed by atoms with van der Waals surface area (Å²) in [7, 11) is 3.08. The van der Waals surface area contributed by atoms with Crippen molar-refractivity contribution in [2.75, 3.05) is 27.3 Å². The van der Waals surface area contributed by atoms with Crippen LogP contribution in [0.3, 0.4) is 0 Å². The molecule has 3 atom stereocenters. The van der Waals surface area contributed by atoms with Crippen molar-refractivity contribution in [2.45, 2.75) is 63.4 Å². The first-order chi connectivity index (χ1) is 23.2. The van der Waals surface area contributed by atoms with Gasteiger partial charge < -0.3 is 19.9 Å². The van der Waals surface area contributed by atoms with Gasteiger partial charge in [-0.15, -0.1) is 0 Å². The van der Waals surface area contributed by atoms with Gasteiger partial charge in [0, 0.05) is 54.4 Å². The molecule has 4 heterocycles. The molecule has 2 aliphatic heterocycles. The van der Waals surface area contributed by atoms with Crippen LogP contribution in [0.5, 0.6) is 11.8 Å². The number of carbonyl (C=O) groups excluding carboxylic acids is 1. The largest absolute Gasteiger partial charge is 0.480 e. The SMILES string of the molecule is COc1nc(-c2cccc(-c3cccc(-c4cnc(CN5CC[C@H](O)[C@H](F)C5)c(OC)n4)c3Cl)c2Cl)cnc1CCC[C@@H]1CCC(=O)N1. The molecule has 6 rings (SSSR count). The molecule has 48 heavy (non-hydrogen) atoms. The fourth-order valence-corrected chi connectivity index (χ4v) is 6.91. The summed E-state index contributed by atoms with van der Waals surface area (Å²) >= 11 is 14.1. The summed E-state index contributed by atoms with van der Waals surface area (Å²) < 4.78 is 25.3. The quantitative estimate of drug-likeness (QED) is 0.192. The normalized spacial score (nSPS) is 19.7. The maximum absolute atomic E-state index is 14.1. The number of benzene rings is 2. The Kier molecular flexibility index (Phi) is 10.7. The van der Waals surface area contributed by atoms with Gasteiger partial charge in [0.05, 0.1) is 54.2 Å². The molecule has 252 valence electrons. The first-order valence-electron chi connectivity index (χ1n) is 16.0. The molecule has 1 amide bonds. The van der Waals surface area contributed by atoms with Crippen molar-refractivity contribution in [1.29, 1.82) is 0 Å². The number of aromatic nitrogens is 4. The summed E-state index contributed by atoms with van der Waals surface area (Å²) in [6.07, 6.45) is 5.29. The van der Waals surface area contributed by atoms with E-state index in [-0.39, 0.29) is 18.5 Å². The standard InChI is InChI=1S/C35H37Cl2FN6O4/c1-47-34-26(11-3-6-20-12-13-31(46)41-20)39-16-27(42-34)23-9-4-7-21(32(23)36)22-8-5-10-24(33(22)37)28-17-40-29(35(43-28)48-2)19-44-15-14-30(45)25(38)18-44/h4-5,7-10,16-17,20,25,30,45H,3,6,11-15,18-19H2,1-2H3,(H,41,46)/t20-,25-,30+/m1/s1. The zero-order valence-corrected chi connectivity index (χ0v) is 28.3. The number of amides is 1. The number of piperidine rings is 1. The van der Waals surface area contributed by atoms with E-state index in [4.69, 9.17) is 42.6 Å². The number of halogens is 3. The number of carbonyl (C=O) groups is 1. The highest BCUT2D eigenvalue weighted by Crippen LogP contribution is 2.42. The highest BCUT2D eigenvalue weighted by molar-refractivity contribution is 6.39. The van der Waals surface area contributed by atoms with E-state index in [0.717, 1.165) is 25.0 Å². The van der Waals surface area contributed by atoms with Gasteiger partial charge in [-0.25, -0.2) is 14.4 Å². The number of aryl methyl sites for hydroxylation is 1. The van der Waals surface area contributed by atoms with E-state index in [1.807, 2.05) is 41.3 Å². The number of aliphatic hydroxyl groups is 1. The lowest BCUT2D eigenvalue weighted by molar-refractivity contribution is -0.119. The Bertz CT molecular complexity index is 1800. The fraction of sp³-hybridized carbons (Fsp3) is 0.400. The van der Waals surface area contributed by atoms with E-state index in [1.165, 1.54) is 7.11 Å². The van der Waals surface area contributed by atoms with Crippen LogP contribution in [0.15, 0.2) is 48.8 Å². The minimum absolute atomic E-state index is 0.114. The number of hydrogen-bond donors (Lipinski definition) is 2. The van der Waals surface area contributed by atoms with Gasteiger partial charge in [0.25, 0.3) is 0 Å². The smallest absolute Gasteiger partial charge is 0.237 e. The van der Waals surface area contributed by atoms with Gasteiger partial charge in [-0.2, -0.15) is 0 Å². The molecule has 2 fully saturated rings. The van der Waals surface area contributed by atoms with Crippen molar-refractivity contribution in [2.24, 2.45) is 0 Å². The summed E-state index contributed by atoms with van der Waals surface area (Å²) in [5, 5.41) is 13.6. The first-order valence-corrected chi connectivity index (χ1v) is 16.7. The average Bonchev–Trinajstić information content (AvgIpc) is 3.51. The highest BCUT2D eigenvalue weighted by Gasteiger charge is 2.28. The second-order valence-electron chi connectivity index (χ2n) is 12.1. The zero-order valence-electron chi connectivity index (χ0n) is 26.8. The summed E-state index contributed by atoms with van der Waals surface area (Å²) in [4.78, 5) is 32.1. The number of hydrogen-bond acceptors (Lipinski definition) is 9. The van der Waals surface area contributed by atoms with Crippen LogP contribution in [0.2, 0.25) is 10.0 Å². The van der Waals surface area contributed by atoms with Crippen molar-refractivity contribution in [3.8, 4) is 45.4 Å². The number of ether oxygens (including phenoxy) is 2. The summed E-state index contributed by atoms with van der Waals surface area (Å²) in [5.41, 5.74) is 5.10. The molecule has 2 saturated heterocycles. The molecule has 0 unspecified atom stereocenters. The Morgan fingerprint density at radius 1 is 0.917 bits per heavy atom. The lowest BCUT2D eigenvalue weighted by atomic mass is 9.98. The Morgan fingerprint density at radius 2 is 1.50 bits per heavy atom. The van der Waals surface area contributed by atoms with E-state index in [9.17, 15) is 14.3 Å². The number of methoxy groups -OCH3 is 2. The third-order valence-corrected chi connectivity index (χ3v) is 9.68. The maximum atomic E-state index is 14.1. The zero-order chi connectivity index (χ0) is 33.8. The lowest BCUT2D eigenvalue weighted by Gasteiger charge is -2.31. The molecule has 4 aromatic rings. The molecule has 2 aromatic heterocycles. The van der Waals surface area contributed by atoms with Crippen LogP contribution < -0.4 is 14.8 Å². The van der Waals surface area contributed by atoms with Crippen molar-refractivity contribution in [3.05, 3.63) is 70.2 Å². The fourth-order valence-electron chi connectivity index (χ4n) is 6.26. The van der Waals surface area contributed by atoms with E-state index in [2.05, 4.69) is 15.3 Å². The molecule has 0 spiro atoms. The minimum Gasteiger partial charge on any atom is -0.480 e. The van der Waals surface area contributed by atoms with Crippen molar-refractivity contribution in [1.82, 2.24) is 30.2 Å². The predicted molar refractivity (Wildman–Crippen MR) is 182 cm³/mol. The molecule has 0 saturated carbocycles. The van der Waals surface area contributed by atoms with Crippen LogP contribution in [0.25, 0.3) is 33.6 Å². The van der Waals surface area contributed by atoms with Crippen molar-refractivity contribution in [3.63, 3.8) is 0 Å². The monoisotopic (exact) mass is 694 g/mol. The van der Waals surface area contributed by atoms with Crippen molar-refractivity contribution >= 4 is 29.1 Å². The first kappa shape index (κ1) is 34.0. The summed E-state index contributed by atoms with van der Waals surface area (Å²) in [6.45, 7) is 1.01. The van der Waals surface area contributed by atoms with E-state index in [0.29, 0.717) is 93.5 Å². The molecule has 2 aromatic carbocycles.